The Balaban J connectivity index is 1.48. The molecule has 7 heteroatoms. The van der Waals surface area contributed by atoms with E-state index in [0.29, 0.717) is 24.9 Å². The third-order valence-electron chi connectivity index (χ3n) is 4.64. The molecular weight excluding hydrogens is 352 g/mol. The Morgan fingerprint density at radius 2 is 1.92 bits per heavy atom. The summed E-state index contributed by atoms with van der Waals surface area (Å²) in [6, 6.07) is 7.47. The number of para-hydroxylation sites is 1. The highest BCUT2D eigenvalue weighted by atomic mass is 32.2. The van der Waals surface area contributed by atoms with E-state index < -0.39 is 11.2 Å². The first-order valence-electron chi connectivity index (χ1n) is 8.92. The number of benzene rings is 1. The number of fused-ring (bicyclic) bond motifs is 1. The number of piperidine rings is 1. The van der Waals surface area contributed by atoms with Crippen molar-refractivity contribution in [2.45, 2.75) is 36.8 Å². The van der Waals surface area contributed by atoms with Crippen LogP contribution in [0.3, 0.4) is 0 Å². The van der Waals surface area contributed by atoms with Crippen molar-refractivity contribution in [2.24, 2.45) is 11.8 Å². The number of nitrogens with one attached hydrogen (secondary N) is 1. The summed E-state index contributed by atoms with van der Waals surface area (Å²) in [5, 5.41) is 2.26. The van der Waals surface area contributed by atoms with Crippen LogP contribution in [0.2, 0.25) is 0 Å². The topological polar surface area (TPSA) is 75.7 Å². The van der Waals surface area contributed by atoms with Crippen LogP contribution in [0.15, 0.2) is 29.2 Å². The van der Waals surface area contributed by atoms with E-state index in [0.717, 1.165) is 17.0 Å². The number of hydrogen-bond donors (Lipinski definition) is 1. The Kier molecular flexibility index (Phi) is 5.86. The molecule has 0 unspecified atom stereocenters. The van der Waals surface area contributed by atoms with Crippen molar-refractivity contribution in [1.82, 2.24) is 4.90 Å². The van der Waals surface area contributed by atoms with E-state index in [-0.39, 0.29) is 24.8 Å². The quantitative estimate of drug-likeness (QED) is 0.818. The lowest BCUT2D eigenvalue weighted by Crippen LogP contribution is -2.44. The van der Waals surface area contributed by atoms with Crippen LogP contribution in [-0.4, -0.2) is 47.6 Å². The molecule has 1 aromatic rings. The summed E-state index contributed by atoms with van der Waals surface area (Å²) in [6.45, 7) is 5.40. The Bertz CT molecular complexity index is 699. The van der Waals surface area contributed by atoms with Crippen molar-refractivity contribution in [3.05, 3.63) is 24.3 Å². The van der Waals surface area contributed by atoms with Crippen LogP contribution in [0, 0.1) is 11.8 Å². The number of thioether (sulfide) groups is 1. The number of esters is 1. The zero-order valence-corrected chi connectivity index (χ0v) is 15.9. The highest BCUT2D eigenvalue weighted by molar-refractivity contribution is 8.01. The normalized spacial score (nSPS) is 25.2. The molecule has 0 bridgehead atoms. The van der Waals surface area contributed by atoms with E-state index in [9.17, 15) is 14.4 Å². The molecule has 3 rings (SSSR count). The van der Waals surface area contributed by atoms with Crippen LogP contribution in [-0.2, 0) is 19.1 Å². The van der Waals surface area contributed by atoms with E-state index in [1.54, 1.807) is 4.90 Å². The predicted octanol–water partition coefficient (Wildman–Crippen LogP) is 2.54. The Labute approximate surface area is 157 Å². The van der Waals surface area contributed by atoms with Crippen LogP contribution in [0.1, 0.15) is 26.7 Å². The van der Waals surface area contributed by atoms with E-state index >= 15 is 0 Å². The largest absolute Gasteiger partial charge is 0.456 e. The van der Waals surface area contributed by atoms with Gasteiger partial charge in [0.05, 0.1) is 17.4 Å². The zero-order chi connectivity index (χ0) is 18.7. The first-order chi connectivity index (χ1) is 12.4. The number of amides is 2. The fraction of sp³-hybridized carbons (Fsp3) is 0.526. The number of carbonyl (C=O) groups is 3. The Hall–Kier alpha value is -2.02. The molecule has 26 heavy (non-hydrogen) atoms. The highest BCUT2D eigenvalue weighted by Crippen LogP contribution is 2.36. The fourth-order valence-corrected chi connectivity index (χ4v) is 4.63. The Morgan fingerprint density at radius 1 is 1.23 bits per heavy atom. The van der Waals surface area contributed by atoms with Gasteiger partial charge in [0, 0.05) is 18.0 Å². The first kappa shape index (κ1) is 18.8. The van der Waals surface area contributed by atoms with Crippen molar-refractivity contribution in [3.63, 3.8) is 0 Å². The summed E-state index contributed by atoms with van der Waals surface area (Å²) in [7, 11) is 0. The van der Waals surface area contributed by atoms with Gasteiger partial charge in [-0.15, -0.1) is 11.8 Å². The second kappa shape index (κ2) is 8.12. The predicted molar refractivity (Wildman–Crippen MR) is 99.8 cm³/mol. The van der Waals surface area contributed by atoms with Crippen molar-refractivity contribution in [2.75, 3.05) is 25.0 Å². The van der Waals surface area contributed by atoms with Crippen LogP contribution in [0.25, 0.3) is 0 Å². The van der Waals surface area contributed by atoms with Gasteiger partial charge in [0.15, 0.2) is 6.61 Å². The van der Waals surface area contributed by atoms with Gasteiger partial charge in [-0.05, 0) is 30.4 Å². The molecule has 0 aromatic heterocycles. The molecule has 1 saturated heterocycles. The number of hydrogen-bond acceptors (Lipinski definition) is 5. The molecule has 1 fully saturated rings. The molecule has 0 spiro atoms. The minimum absolute atomic E-state index is 0.0507. The molecule has 1 N–H and O–H groups in total. The molecule has 2 aliphatic rings. The third-order valence-corrected chi connectivity index (χ3v) is 5.91. The SMILES string of the molecule is C[C@@H]1C[C@H](C)CN(C(=O)COC(=O)C[C@H]2Sc3ccccc3NC2=O)C1. The maximum Gasteiger partial charge on any atom is 0.307 e. The monoisotopic (exact) mass is 376 g/mol. The lowest BCUT2D eigenvalue weighted by Gasteiger charge is -2.34. The van der Waals surface area contributed by atoms with Gasteiger partial charge in [-0.1, -0.05) is 26.0 Å². The van der Waals surface area contributed by atoms with E-state index in [1.165, 1.54) is 11.8 Å². The summed E-state index contributed by atoms with van der Waals surface area (Å²) in [5.41, 5.74) is 0.760. The summed E-state index contributed by atoms with van der Waals surface area (Å²) >= 11 is 1.35. The van der Waals surface area contributed by atoms with Crippen molar-refractivity contribution in [1.29, 1.82) is 0 Å². The van der Waals surface area contributed by atoms with Crippen LogP contribution < -0.4 is 5.32 Å². The number of rotatable bonds is 4. The number of ether oxygens (including phenoxy) is 1. The van der Waals surface area contributed by atoms with E-state index in [1.807, 2.05) is 24.3 Å². The summed E-state index contributed by atoms with van der Waals surface area (Å²) < 4.78 is 5.14. The van der Waals surface area contributed by atoms with Gasteiger partial charge in [-0.2, -0.15) is 0 Å². The maximum absolute atomic E-state index is 12.3. The van der Waals surface area contributed by atoms with Crippen molar-refractivity contribution >= 4 is 35.2 Å². The molecule has 2 aliphatic heterocycles. The second-order valence-electron chi connectivity index (χ2n) is 7.20. The number of carbonyl (C=O) groups excluding carboxylic acids is 3. The van der Waals surface area contributed by atoms with Crippen molar-refractivity contribution < 1.29 is 19.1 Å². The first-order valence-corrected chi connectivity index (χ1v) is 9.80. The molecule has 140 valence electrons. The number of nitrogens with zero attached hydrogens (tertiary/aromatic N) is 1. The van der Waals surface area contributed by atoms with Gasteiger partial charge in [0.25, 0.3) is 5.91 Å². The van der Waals surface area contributed by atoms with Gasteiger partial charge in [-0.3, -0.25) is 14.4 Å². The van der Waals surface area contributed by atoms with Crippen molar-refractivity contribution in [3.8, 4) is 0 Å². The molecule has 2 heterocycles. The van der Waals surface area contributed by atoms with Gasteiger partial charge in [0.1, 0.15) is 0 Å². The zero-order valence-electron chi connectivity index (χ0n) is 15.1. The van der Waals surface area contributed by atoms with Crippen LogP contribution in [0.5, 0.6) is 0 Å². The number of likely N-dealkylation sites (tertiary alicyclic amines) is 1. The summed E-state index contributed by atoms with van der Waals surface area (Å²) in [4.78, 5) is 39.2. The minimum Gasteiger partial charge on any atom is -0.456 e. The number of anilines is 1. The standard InChI is InChI=1S/C19H24N2O4S/c1-12-7-13(2)10-21(9-12)17(22)11-25-18(23)8-16-19(24)20-14-5-3-4-6-15(14)26-16/h3-6,12-13,16H,7-11H2,1-2H3,(H,20,24)/t12-,13+,16-/m1/s1. The molecule has 6 nitrogen and oxygen atoms in total. The van der Waals surface area contributed by atoms with E-state index in [4.69, 9.17) is 4.74 Å². The third kappa shape index (κ3) is 4.58. The molecule has 0 radical (unpaired) electrons. The minimum atomic E-state index is -0.539. The molecule has 1 aromatic carbocycles. The molecule has 0 saturated carbocycles. The molecule has 3 atom stereocenters. The lowest BCUT2D eigenvalue weighted by atomic mass is 9.92. The molecule has 0 aliphatic carbocycles. The van der Waals surface area contributed by atoms with E-state index in [2.05, 4.69) is 19.2 Å². The molecule has 2 amide bonds. The highest BCUT2D eigenvalue weighted by Gasteiger charge is 2.30. The Morgan fingerprint density at radius 3 is 2.65 bits per heavy atom. The van der Waals surface area contributed by atoms with Gasteiger partial charge in [0.2, 0.25) is 5.91 Å². The maximum atomic E-state index is 12.3. The lowest BCUT2D eigenvalue weighted by molar-refractivity contribution is -0.153. The molecular formula is C19H24N2O4S. The van der Waals surface area contributed by atoms with Crippen LogP contribution in [0.4, 0.5) is 5.69 Å². The summed E-state index contributed by atoms with van der Waals surface area (Å²) in [6.07, 6.45) is 1.06. The van der Waals surface area contributed by atoms with Gasteiger partial charge < -0.3 is 15.0 Å². The fourth-order valence-electron chi connectivity index (χ4n) is 3.54. The average molecular weight is 376 g/mol. The summed E-state index contributed by atoms with van der Waals surface area (Å²) in [5.74, 6) is 0.0172. The average Bonchev–Trinajstić information content (AvgIpc) is 2.59. The van der Waals surface area contributed by atoms with Gasteiger partial charge in [-0.25, -0.2) is 0 Å². The smallest absolute Gasteiger partial charge is 0.307 e. The second-order valence-corrected chi connectivity index (χ2v) is 8.45. The van der Waals surface area contributed by atoms with Crippen LogP contribution >= 0.6 is 11.8 Å². The van der Waals surface area contributed by atoms with Gasteiger partial charge >= 0.3 is 5.97 Å².